The normalized spacial score (nSPS) is 18.0. The van der Waals surface area contributed by atoms with Gasteiger partial charge in [0, 0.05) is 35.5 Å². The number of halogens is 2. The molecule has 0 aliphatic carbocycles. The first-order valence-corrected chi connectivity index (χ1v) is 7.67. The molecule has 1 unspecified atom stereocenters. The van der Waals surface area contributed by atoms with E-state index in [2.05, 4.69) is 10.6 Å². The number of methoxy groups -OCH3 is 1. The van der Waals surface area contributed by atoms with Gasteiger partial charge in [-0.25, -0.2) is 0 Å². The smallest absolute Gasteiger partial charge is 0.226 e. The van der Waals surface area contributed by atoms with Crippen LogP contribution in [0.5, 0.6) is 5.75 Å². The summed E-state index contributed by atoms with van der Waals surface area (Å²) in [4.78, 5) is 12.0. The number of amides is 1. The number of thioether (sulfide) groups is 1. The molecule has 0 spiro atoms. The molecule has 2 rings (SSSR count). The molecule has 1 fully saturated rings. The van der Waals surface area contributed by atoms with Gasteiger partial charge in [0.05, 0.1) is 12.8 Å². The number of anilines is 1. The first kappa shape index (κ1) is 17.4. The third kappa shape index (κ3) is 5.05. The Kier molecular flexibility index (Phi) is 7.51. The van der Waals surface area contributed by atoms with E-state index in [1.165, 1.54) is 0 Å². The maximum absolute atomic E-state index is 12.0. The predicted octanol–water partition coefficient (Wildman–Crippen LogP) is 2.80. The SMILES string of the molecule is COc1ccc(Cl)cc1NC(=O)CC1CSCCN1.Cl. The van der Waals surface area contributed by atoms with E-state index < -0.39 is 0 Å². The zero-order valence-electron chi connectivity index (χ0n) is 11.1. The lowest BCUT2D eigenvalue weighted by Crippen LogP contribution is -2.39. The van der Waals surface area contributed by atoms with Crippen LogP contribution in [-0.4, -0.2) is 37.1 Å². The molecule has 1 saturated heterocycles. The summed E-state index contributed by atoms with van der Waals surface area (Å²) in [7, 11) is 1.57. The van der Waals surface area contributed by atoms with Crippen molar-refractivity contribution in [3.05, 3.63) is 23.2 Å². The molecule has 1 heterocycles. The fraction of sp³-hybridized carbons (Fsp3) is 0.462. The minimum atomic E-state index is -0.0273. The first-order valence-electron chi connectivity index (χ1n) is 6.13. The Bertz CT molecular complexity index is 454. The molecule has 0 radical (unpaired) electrons. The standard InChI is InChI=1S/C13H17ClN2O2S.ClH/c1-18-12-3-2-9(14)6-11(12)16-13(17)7-10-8-19-5-4-15-10;/h2-3,6,10,15H,4-5,7-8H2,1H3,(H,16,17);1H. The van der Waals surface area contributed by atoms with Crippen molar-refractivity contribution in [3.63, 3.8) is 0 Å². The molecule has 20 heavy (non-hydrogen) atoms. The molecular weight excluding hydrogens is 319 g/mol. The van der Waals surface area contributed by atoms with Gasteiger partial charge >= 0.3 is 0 Å². The molecule has 112 valence electrons. The Labute approximate surface area is 134 Å². The van der Waals surface area contributed by atoms with E-state index in [1.807, 2.05) is 11.8 Å². The minimum absolute atomic E-state index is 0. The summed E-state index contributed by atoms with van der Waals surface area (Å²) in [6.45, 7) is 0.961. The average molecular weight is 337 g/mol. The molecule has 1 aliphatic heterocycles. The van der Waals surface area contributed by atoms with Gasteiger partial charge in [0.15, 0.2) is 0 Å². The summed E-state index contributed by atoms with van der Waals surface area (Å²) in [5.74, 6) is 2.67. The molecule has 0 aromatic heterocycles. The zero-order valence-corrected chi connectivity index (χ0v) is 13.5. The highest BCUT2D eigenvalue weighted by molar-refractivity contribution is 7.99. The predicted molar refractivity (Wildman–Crippen MR) is 87.6 cm³/mol. The Hall–Kier alpha value is -0.620. The van der Waals surface area contributed by atoms with Crippen LogP contribution in [0.15, 0.2) is 18.2 Å². The van der Waals surface area contributed by atoms with E-state index in [1.54, 1.807) is 25.3 Å². The van der Waals surface area contributed by atoms with E-state index in [9.17, 15) is 4.79 Å². The van der Waals surface area contributed by atoms with Crippen LogP contribution in [-0.2, 0) is 4.79 Å². The largest absolute Gasteiger partial charge is 0.495 e. The maximum atomic E-state index is 12.0. The number of ether oxygens (including phenoxy) is 1. The van der Waals surface area contributed by atoms with Crippen LogP contribution in [0, 0.1) is 0 Å². The highest BCUT2D eigenvalue weighted by atomic mass is 35.5. The molecule has 1 amide bonds. The minimum Gasteiger partial charge on any atom is -0.495 e. The van der Waals surface area contributed by atoms with Crippen molar-refractivity contribution in [1.29, 1.82) is 0 Å². The van der Waals surface area contributed by atoms with Crippen LogP contribution >= 0.6 is 35.8 Å². The number of nitrogens with one attached hydrogen (secondary N) is 2. The molecule has 1 atom stereocenters. The second-order valence-corrected chi connectivity index (χ2v) is 5.91. The van der Waals surface area contributed by atoms with Gasteiger partial charge in [-0.1, -0.05) is 11.6 Å². The van der Waals surface area contributed by atoms with Crippen LogP contribution in [0.2, 0.25) is 5.02 Å². The highest BCUT2D eigenvalue weighted by Gasteiger charge is 2.17. The van der Waals surface area contributed by atoms with Crippen molar-refractivity contribution >= 4 is 47.4 Å². The summed E-state index contributed by atoms with van der Waals surface area (Å²) in [5.41, 5.74) is 0.614. The molecule has 0 bridgehead atoms. The van der Waals surface area contributed by atoms with Crippen LogP contribution < -0.4 is 15.4 Å². The second kappa shape index (κ2) is 8.62. The van der Waals surface area contributed by atoms with Crippen molar-refractivity contribution in [1.82, 2.24) is 5.32 Å². The van der Waals surface area contributed by atoms with E-state index in [-0.39, 0.29) is 24.4 Å². The van der Waals surface area contributed by atoms with Crippen molar-refractivity contribution in [2.45, 2.75) is 12.5 Å². The van der Waals surface area contributed by atoms with Crippen molar-refractivity contribution in [2.24, 2.45) is 0 Å². The van der Waals surface area contributed by atoms with Gasteiger partial charge in [0.2, 0.25) is 5.91 Å². The summed E-state index contributed by atoms with van der Waals surface area (Å²) in [6, 6.07) is 5.41. The van der Waals surface area contributed by atoms with Crippen LogP contribution in [0.3, 0.4) is 0 Å². The number of hydrogen-bond acceptors (Lipinski definition) is 4. The third-order valence-corrected chi connectivity index (χ3v) is 4.23. The number of carbonyl (C=O) groups excluding carboxylic acids is 1. The van der Waals surface area contributed by atoms with E-state index >= 15 is 0 Å². The van der Waals surface area contributed by atoms with Crippen molar-refractivity contribution in [3.8, 4) is 5.75 Å². The topological polar surface area (TPSA) is 50.4 Å². The van der Waals surface area contributed by atoms with Gasteiger partial charge in [-0.3, -0.25) is 4.79 Å². The van der Waals surface area contributed by atoms with Crippen LogP contribution in [0.4, 0.5) is 5.69 Å². The summed E-state index contributed by atoms with van der Waals surface area (Å²) >= 11 is 7.80. The fourth-order valence-electron chi connectivity index (χ4n) is 1.95. The van der Waals surface area contributed by atoms with Gasteiger partial charge in [-0.2, -0.15) is 11.8 Å². The Morgan fingerprint density at radius 3 is 3.05 bits per heavy atom. The second-order valence-electron chi connectivity index (χ2n) is 4.32. The summed E-state index contributed by atoms with van der Waals surface area (Å²) in [6.07, 6.45) is 0.461. The lowest BCUT2D eigenvalue weighted by atomic mass is 10.2. The molecular formula is C13H18Cl2N2O2S. The third-order valence-electron chi connectivity index (χ3n) is 2.87. The Morgan fingerprint density at radius 1 is 1.60 bits per heavy atom. The average Bonchev–Trinajstić information content (AvgIpc) is 2.40. The van der Waals surface area contributed by atoms with Crippen LogP contribution in [0.25, 0.3) is 0 Å². The van der Waals surface area contributed by atoms with Crippen molar-refractivity contribution in [2.75, 3.05) is 30.5 Å². The van der Waals surface area contributed by atoms with Gasteiger partial charge < -0.3 is 15.4 Å². The van der Waals surface area contributed by atoms with Gasteiger partial charge in [0.1, 0.15) is 5.75 Å². The van der Waals surface area contributed by atoms with Crippen LogP contribution in [0.1, 0.15) is 6.42 Å². The Morgan fingerprint density at radius 2 is 2.40 bits per heavy atom. The lowest BCUT2D eigenvalue weighted by Gasteiger charge is -2.22. The van der Waals surface area contributed by atoms with E-state index in [4.69, 9.17) is 16.3 Å². The number of hydrogen-bond donors (Lipinski definition) is 2. The number of rotatable bonds is 4. The van der Waals surface area contributed by atoms with Gasteiger partial charge in [-0.05, 0) is 18.2 Å². The zero-order chi connectivity index (χ0) is 13.7. The number of carbonyl (C=O) groups is 1. The van der Waals surface area contributed by atoms with E-state index in [0.717, 1.165) is 18.1 Å². The molecule has 1 aromatic rings. The van der Waals surface area contributed by atoms with Gasteiger partial charge in [-0.15, -0.1) is 12.4 Å². The molecule has 1 aliphatic rings. The fourth-order valence-corrected chi connectivity index (χ4v) is 3.07. The molecule has 0 saturated carbocycles. The van der Waals surface area contributed by atoms with Crippen molar-refractivity contribution < 1.29 is 9.53 Å². The quantitative estimate of drug-likeness (QED) is 0.887. The molecule has 1 aromatic carbocycles. The summed E-state index contributed by atoms with van der Waals surface area (Å²) < 4.78 is 5.20. The monoisotopic (exact) mass is 336 g/mol. The maximum Gasteiger partial charge on any atom is 0.226 e. The highest BCUT2D eigenvalue weighted by Crippen LogP contribution is 2.27. The molecule has 2 N–H and O–H groups in total. The lowest BCUT2D eigenvalue weighted by molar-refractivity contribution is -0.116. The first-order chi connectivity index (χ1) is 9.19. The molecule has 7 heteroatoms. The summed E-state index contributed by atoms with van der Waals surface area (Å²) in [5, 5.41) is 6.76. The van der Waals surface area contributed by atoms with E-state index in [0.29, 0.717) is 22.9 Å². The number of benzene rings is 1. The van der Waals surface area contributed by atoms with Gasteiger partial charge in [0.25, 0.3) is 0 Å². The molecule has 4 nitrogen and oxygen atoms in total. The Balaban J connectivity index is 0.00000200.